The van der Waals surface area contributed by atoms with Gasteiger partial charge in [-0.15, -0.1) is 0 Å². The first kappa shape index (κ1) is 15.8. The van der Waals surface area contributed by atoms with E-state index in [-0.39, 0.29) is 5.82 Å². The van der Waals surface area contributed by atoms with E-state index in [2.05, 4.69) is 19.2 Å². The van der Waals surface area contributed by atoms with Crippen molar-refractivity contribution in [2.75, 3.05) is 20.8 Å². The monoisotopic (exact) mass is 269 g/mol. The second-order valence-corrected chi connectivity index (χ2v) is 4.86. The fourth-order valence-electron chi connectivity index (χ4n) is 1.92. The van der Waals surface area contributed by atoms with Crippen molar-refractivity contribution in [2.45, 2.75) is 39.2 Å². The summed E-state index contributed by atoms with van der Waals surface area (Å²) in [6.07, 6.45) is 2.70. The maximum Gasteiger partial charge on any atom is 0.163 e. The van der Waals surface area contributed by atoms with Gasteiger partial charge in [0.2, 0.25) is 0 Å². The van der Waals surface area contributed by atoms with Crippen molar-refractivity contribution in [3.8, 4) is 11.5 Å². The maximum absolute atomic E-state index is 13.8. The highest BCUT2D eigenvalue weighted by molar-refractivity contribution is 5.43. The molecule has 0 atom stereocenters. The summed E-state index contributed by atoms with van der Waals surface area (Å²) in [5.41, 5.74) is 0.683. The Kier molecular flexibility index (Phi) is 6.64. The molecule has 3 nitrogen and oxygen atoms in total. The van der Waals surface area contributed by atoms with Crippen LogP contribution in [-0.4, -0.2) is 26.8 Å². The molecule has 19 heavy (non-hydrogen) atoms. The Morgan fingerprint density at radius 2 is 1.74 bits per heavy atom. The standard InChI is InChI=1S/C15H24FNO2/c1-11(2)17-8-6-5-7-12-9-14(18-3)15(19-4)10-13(12)16/h9-11,17H,5-8H2,1-4H3. The predicted octanol–water partition coefficient (Wildman–Crippen LogP) is 3.16. The first-order valence-corrected chi connectivity index (χ1v) is 6.72. The lowest BCUT2D eigenvalue weighted by atomic mass is 10.1. The van der Waals surface area contributed by atoms with Crippen molar-refractivity contribution in [1.29, 1.82) is 0 Å². The molecule has 4 heteroatoms. The molecular weight excluding hydrogens is 245 g/mol. The zero-order valence-corrected chi connectivity index (χ0v) is 12.3. The third-order valence-corrected chi connectivity index (χ3v) is 2.98. The number of hydrogen-bond acceptors (Lipinski definition) is 3. The number of nitrogens with one attached hydrogen (secondary N) is 1. The van der Waals surface area contributed by atoms with Crippen LogP contribution in [0.5, 0.6) is 11.5 Å². The lowest BCUT2D eigenvalue weighted by Gasteiger charge is -2.11. The number of ether oxygens (including phenoxy) is 2. The Morgan fingerprint density at radius 3 is 2.32 bits per heavy atom. The van der Waals surface area contributed by atoms with E-state index in [1.807, 2.05) is 0 Å². The van der Waals surface area contributed by atoms with Crippen molar-refractivity contribution >= 4 is 0 Å². The van der Waals surface area contributed by atoms with E-state index < -0.39 is 0 Å². The molecule has 0 radical (unpaired) electrons. The summed E-state index contributed by atoms with van der Waals surface area (Å²) in [5, 5.41) is 3.35. The number of hydrogen-bond donors (Lipinski definition) is 1. The summed E-state index contributed by atoms with van der Waals surface area (Å²) in [6, 6.07) is 3.61. The Morgan fingerprint density at radius 1 is 1.11 bits per heavy atom. The molecule has 0 fully saturated rings. The normalized spacial score (nSPS) is 10.8. The predicted molar refractivity (Wildman–Crippen MR) is 75.6 cm³/mol. The van der Waals surface area contributed by atoms with Gasteiger partial charge >= 0.3 is 0 Å². The van der Waals surface area contributed by atoms with Crippen molar-refractivity contribution in [2.24, 2.45) is 0 Å². The fourth-order valence-corrected chi connectivity index (χ4v) is 1.92. The van der Waals surface area contributed by atoms with Crippen LogP contribution in [0.15, 0.2) is 12.1 Å². The van der Waals surface area contributed by atoms with Crippen LogP contribution in [0.25, 0.3) is 0 Å². The van der Waals surface area contributed by atoms with Gasteiger partial charge in [0.05, 0.1) is 14.2 Å². The molecule has 0 spiro atoms. The largest absolute Gasteiger partial charge is 0.493 e. The molecule has 0 aliphatic carbocycles. The SMILES string of the molecule is COc1cc(F)c(CCCCNC(C)C)cc1OC. The van der Waals surface area contributed by atoms with Crippen molar-refractivity contribution in [1.82, 2.24) is 5.32 Å². The van der Waals surface area contributed by atoms with E-state index >= 15 is 0 Å². The molecule has 0 aliphatic rings. The first-order valence-electron chi connectivity index (χ1n) is 6.72. The lowest BCUT2D eigenvalue weighted by molar-refractivity contribution is 0.351. The Hall–Kier alpha value is -1.29. The van der Waals surface area contributed by atoms with Crippen LogP contribution in [0.3, 0.4) is 0 Å². The molecule has 1 aromatic carbocycles. The highest BCUT2D eigenvalue weighted by atomic mass is 19.1. The zero-order valence-electron chi connectivity index (χ0n) is 12.3. The van der Waals surface area contributed by atoms with E-state index in [9.17, 15) is 4.39 Å². The summed E-state index contributed by atoms with van der Waals surface area (Å²) in [4.78, 5) is 0. The number of methoxy groups -OCH3 is 2. The van der Waals surface area contributed by atoms with Gasteiger partial charge in [-0.3, -0.25) is 0 Å². The molecule has 0 bridgehead atoms. The molecule has 1 N–H and O–H groups in total. The van der Waals surface area contributed by atoms with E-state index in [4.69, 9.17) is 9.47 Å². The van der Waals surface area contributed by atoms with Crippen LogP contribution in [0, 0.1) is 5.82 Å². The van der Waals surface area contributed by atoms with Crippen LogP contribution >= 0.6 is 0 Å². The topological polar surface area (TPSA) is 30.5 Å². The molecule has 1 aromatic rings. The molecule has 0 saturated heterocycles. The van der Waals surface area contributed by atoms with Gasteiger partial charge in [-0.05, 0) is 37.4 Å². The third-order valence-electron chi connectivity index (χ3n) is 2.98. The second kappa shape index (κ2) is 8.00. The van der Waals surface area contributed by atoms with E-state index in [0.29, 0.717) is 29.5 Å². The van der Waals surface area contributed by atoms with Crippen molar-refractivity contribution in [3.63, 3.8) is 0 Å². The number of halogens is 1. The first-order chi connectivity index (χ1) is 9.08. The van der Waals surface area contributed by atoms with Gasteiger partial charge < -0.3 is 14.8 Å². The molecular formula is C15H24FNO2. The summed E-state index contributed by atoms with van der Waals surface area (Å²) < 4.78 is 24.1. The fraction of sp³-hybridized carbons (Fsp3) is 0.600. The van der Waals surface area contributed by atoms with Crippen LogP contribution in [0.1, 0.15) is 32.3 Å². The smallest absolute Gasteiger partial charge is 0.163 e. The van der Waals surface area contributed by atoms with E-state index in [1.54, 1.807) is 13.2 Å². The van der Waals surface area contributed by atoms with Gasteiger partial charge in [0.15, 0.2) is 11.5 Å². The van der Waals surface area contributed by atoms with Crippen molar-refractivity contribution < 1.29 is 13.9 Å². The Balaban J connectivity index is 2.53. The van der Waals surface area contributed by atoms with Gasteiger partial charge in [0, 0.05) is 12.1 Å². The molecule has 0 amide bonds. The minimum absolute atomic E-state index is 0.227. The van der Waals surface area contributed by atoms with Gasteiger partial charge in [-0.2, -0.15) is 0 Å². The van der Waals surface area contributed by atoms with E-state index in [0.717, 1.165) is 19.4 Å². The summed E-state index contributed by atoms with van der Waals surface area (Å²) in [6.45, 7) is 5.20. The third kappa shape index (κ3) is 5.07. The lowest BCUT2D eigenvalue weighted by Crippen LogP contribution is -2.23. The van der Waals surface area contributed by atoms with Crippen LogP contribution in [0.2, 0.25) is 0 Å². The molecule has 1 rings (SSSR count). The average Bonchev–Trinajstić information content (AvgIpc) is 2.39. The molecule has 0 aromatic heterocycles. The summed E-state index contributed by atoms with van der Waals surface area (Å²) in [7, 11) is 3.07. The molecule has 0 saturated carbocycles. The molecule has 108 valence electrons. The number of benzene rings is 1. The second-order valence-electron chi connectivity index (χ2n) is 4.86. The highest BCUT2D eigenvalue weighted by Gasteiger charge is 2.10. The summed E-state index contributed by atoms with van der Waals surface area (Å²) in [5.74, 6) is 0.791. The van der Waals surface area contributed by atoms with Crippen molar-refractivity contribution in [3.05, 3.63) is 23.5 Å². The number of unbranched alkanes of at least 4 members (excludes halogenated alkanes) is 1. The number of aryl methyl sites for hydroxylation is 1. The van der Waals surface area contributed by atoms with Crippen LogP contribution in [-0.2, 0) is 6.42 Å². The van der Waals surface area contributed by atoms with Gasteiger partial charge in [-0.1, -0.05) is 13.8 Å². The van der Waals surface area contributed by atoms with Gasteiger partial charge in [-0.25, -0.2) is 4.39 Å². The Bertz CT molecular complexity index is 394. The van der Waals surface area contributed by atoms with Gasteiger partial charge in [0.1, 0.15) is 5.82 Å². The van der Waals surface area contributed by atoms with Crippen LogP contribution in [0.4, 0.5) is 4.39 Å². The van der Waals surface area contributed by atoms with E-state index in [1.165, 1.54) is 13.2 Å². The molecule has 0 heterocycles. The average molecular weight is 269 g/mol. The maximum atomic E-state index is 13.8. The Labute approximate surface area is 115 Å². The highest BCUT2D eigenvalue weighted by Crippen LogP contribution is 2.30. The summed E-state index contributed by atoms with van der Waals surface area (Å²) >= 11 is 0. The van der Waals surface area contributed by atoms with Gasteiger partial charge in [0.25, 0.3) is 0 Å². The minimum Gasteiger partial charge on any atom is -0.493 e. The molecule has 0 unspecified atom stereocenters. The number of rotatable bonds is 8. The van der Waals surface area contributed by atoms with Crippen LogP contribution < -0.4 is 14.8 Å². The quantitative estimate of drug-likeness (QED) is 0.735. The minimum atomic E-state index is -0.227. The molecule has 0 aliphatic heterocycles. The zero-order chi connectivity index (χ0) is 14.3.